The Hall–Kier alpha value is -2.41. The van der Waals surface area contributed by atoms with Crippen molar-refractivity contribution in [3.05, 3.63) is 59.4 Å². The van der Waals surface area contributed by atoms with Gasteiger partial charge in [-0.3, -0.25) is 4.79 Å². The Morgan fingerprint density at radius 2 is 2.35 bits per heavy atom. The number of nitrogens with one attached hydrogen (secondary N) is 1. The van der Waals surface area contributed by atoms with Crippen LogP contribution in [0.4, 0.5) is 5.69 Å². The van der Waals surface area contributed by atoms with Crippen LogP contribution in [0.5, 0.6) is 0 Å². The predicted octanol–water partition coefficient (Wildman–Crippen LogP) is 2.88. The number of carbonyl (C=O) groups excluding carboxylic acids is 1. The first-order chi connectivity index (χ1) is 9.74. The van der Waals surface area contributed by atoms with E-state index in [1.54, 1.807) is 41.5 Å². The third-order valence-corrected chi connectivity index (χ3v) is 3.02. The van der Waals surface area contributed by atoms with Crippen molar-refractivity contribution in [2.75, 3.05) is 5.32 Å². The fraction of sp³-hybridized carbons (Fsp3) is 0. The lowest BCUT2D eigenvalue weighted by Gasteiger charge is -2.10. The van der Waals surface area contributed by atoms with Crippen molar-refractivity contribution in [3.8, 4) is 5.82 Å². The molecule has 3 aromatic heterocycles. The highest BCUT2D eigenvalue weighted by Gasteiger charge is 2.13. The molecule has 0 aromatic carbocycles. The summed E-state index contributed by atoms with van der Waals surface area (Å²) >= 11 is 3.34. The number of hydrogen-bond donors (Lipinski definition) is 1. The van der Waals surface area contributed by atoms with Gasteiger partial charge in [-0.2, -0.15) is 5.10 Å². The van der Waals surface area contributed by atoms with Crippen LogP contribution in [0.3, 0.4) is 0 Å². The van der Waals surface area contributed by atoms with Crippen LogP contribution in [0.2, 0.25) is 0 Å². The number of furan rings is 1. The van der Waals surface area contributed by atoms with Gasteiger partial charge < -0.3 is 9.73 Å². The second-order valence-corrected chi connectivity index (χ2v) is 4.86. The van der Waals surface area contributed by atoms with E-state index in [1.165, 1.54) is 12.5 Å². The molecule has 3 aromatic rings. The molecule has 6 nitrogen and oxygen atoms in total. The van der Waals surface area contributed by atoms with E-state index in [0.29, 0.717) is 17.1 Å². The molecule has 0 radical (unpaired) electrons. The van der Waals surface area contributed by atoms with Crippen LogP contribution in [0.15, 0.2) is 58.2 Å². The fourth-order valence-electron chi connectivity index (χ4n) is 1.69. The highest BCUT2D eigenvalue weighted by Crippen LogP contribution is 2.22. The molecule has 0 aliphatic rings. The number of halogens is 1. The van der Waals surface area contributed by atoms with E-state index in [2.05, 4.69) is 31.3 Å². The average Bonchev–Trinajstić information content (AvgIpc) is 3.12. The van der Waals surface area contributed by atoms with Gasteiger partial charge in [0.25, 0.3) is 5.91 Å². The first kappa shape index (κ1) is 12.6. The zero-order chi connectivity index (χ0) is 13.9. The third-order valence-electron chi connectivity index (χ3n) is 2.59. The van der Waals surface area contributed by atoms with Gasteiger partial charge in [-0.25, -0.2) is 9.67 Å². The van der Waals surface area contributed by atoms with Gasteiger partial charge in [-0.1, -0.05) is 0 Å². The maximum absolute atomic E-state index is 12.1. The second kappa shape index (κ2) is 5.30. The highest BCUT2D eigenvalue weighted by atomic mass is 79.9. The number of nitrogens with zero attached hydrogens (tertiary/aromatic N) is 3. The Bertz CT molecular complexity index is 723. The summed E-state index contributed by atoms with van der Waals surface area (Å²) < 4.78 is 7.24. The van der Waals surface area contributed by atoms with Crippen molar-refractivity contribution in [1.29, 1.82) is 0 Å². The minimum atomic E-state index is -0.271. The fourth-order valence-corrected chi connectivity index (χ4v) is 2.02. The largest absolute Gasteiger partial charge is 0.472 e. The quantitative estimate of drug-likeness (QED) is 0.800. The lowest BCUT2D eigenvalue weighted by molar-refractivity contribution is 0.102. The van der Waals surface area contributed by atoms with Gasteiger partial charge in [0.15, 0.2) is 5.82 Å². The highest BCUT2D eigenvalue weighted by molar-refractivity contribution is 9.10. The summed E-state index contributed by atoms with van der Waals surface area (Å²) in [7, 11) is 0. The number of rotatable bonds is 3. The molecule has 0 saturated carbocycles. The first-order valence-electron chi connectivity index (χ1n) is 5.73. The van der Waals surface area contributed by atoms with Gasteiger partial charge in [0.1, 0.15) is 6.26 Å². The number of pyridine rings is 1. The zero-order valence-electron chi connectivity index (χ0n) is 10.2. The van der Waals surface area contributed by atoms with E-state index >= 15 is 0 Å². The Kier molecular flexibility index (Phi) is 3.34. The van der Waals surface area contributed by atoms with Crippen LogP contribution in [0.1, 0.15) is 10.4 Å². The summed E-state index contributed by atoms with van der Waals surface area (Å²) in [6, 6.07) is 5.14. The molecule has 0 aliphatic heterocycles. The molecule has 0 fully saturated rings. The molecule has 1 N–H and O–H groups in total. The molecular weight excluding hydrogens is 324 g/mol. The predicted molar refractivity (Wildman–Crippen MR) is 75.7 cm³/mol. The van der Waals surface area contributed by atoms with Crippen LogP contribution in [0.25, 0.3) is 5.82 Å². The number of hydrogen-bond acceptors (Lipinski definition) is 4. The van der Waals surface area contributed by atoms with E-state index in [4.69, 9.17) is 4.42 Å². The summed E-state index contributed by atoms with van der Waals surface area (Å²) in [6.45, 7) is 0. The lowest BCUT2D eigenvalue weighted by Crippen LogP contribution is -2.14. The van der Waals surface area contributed by atoms with Gasteiger partial charge in [0.05, 0.1) is 17.5 Å². The lowest BCUT2D eigenvalue weighted by atomic mass is 10.3. The number of carbonyl (C=O) groups is 1. The molecule has 100 valence electrons. The normalized spacial score (nSPS) is 10.4. The van der Waals surface area contributed by atoms with E-state index in [9.17, 15) is 4.79 Å². The van der Waals surface area contributed by atoms with Gasteiger partial charge in [-0.05, 0) is 34.1 Å². The van der Waals surface area contributed by atoms with Crippen molar-refractivity contribution in [2.45, 2.75) is 0 Å². The van der Waals surface area contributed by atoms with E-state index in [0.717, 1.165) is 4.47 Å². The third kappa shape index (κ3) is 2.48. The van der Waals surface area contributed by atoms with Gasteiger partial charge in [0, 0.05) is 23.1 Å². The minimum absolute atomic E-state index is 0.271. The number of anilines is 1. The molecule has 7 heteroatoms. The summed E-state index contributed by atoms with van der Waals surface area (Å²) in [4.78, 5) is 16.3. The number of aromatic nitrogens is 3. The van der Waals surface area contributed by atoms with Crippen LogP contribution in [-0.4, -0.2) is 20.7 Å². The zero-order valence-corrected chi connectivity index (χ0v) is 11.7. The molecule has 1 amide bonds. The molecule has 0 unspecified atom stereocenters. The summed E-state index contributed by atoms with van der Waals surface area (Å²) in [5, 5.41) is 6.91. The van der Waals surface area contributed by atoms with Crippen LogP contribution in [0, 0.1) is 0 Å². The Balaban J connectivity index is 1.96. The Morgan fingerprint density at radius 1 is 1.45 bits per heavy atom. The van der Waals surface area contributed by atoms with E-state index in [1.807, 2.05) is 0 Å². The molecule has 3 heterocycles. The smallest absolute Gasteiger partial charge is 0.259 e. The van der Waals surface area contributed by atoms with Gasteiger partial charge in [0.2, 0.25) is 0 Å². The minimum Gasteiger partial charge on any atom is -0.472 e. The van der Waals surface area contributed by atoms with E-state index in [-0.39, 0.29) is 5.91 Å². The van der Waals surface area contributed by atoms with Crippen molar-refractivity contribution in [3.63, 3.8) is 0 Å². The van der Waals surface area contributed by atoms with Gasteiger partial charge in [-0.15, -0.1) is 0 Å². The first-order valence-corrected chi connectivity index (χ1v) is 6.52. The topological polar surface area (TPSA) is 73.0 Å². The summed E-state index contributed by atoms with van der Waals surface area (Å²) in [6.07, 6.45) is 7.87. The average molecular weight is 333 g/mol. The molecule has 0 saturated heterocycles. The van der Waals surface area contributed by atoms with Crippen molar-refractivity contribution >= 4 is 27.5 Å². The van der Waals surface area contributed by atoms with Crippen LogP contribution < -0.4 is 5.32 Å². The number of amides is 1. The van der Waals surface area contributed by atoms with Crippen molar-refractivity contribution < 1.29 is 9.21 Å². The molecule has 0 aliphatic carbocycles. The molecule has 0 bridgehead atoms. The van der Waals surface area contributed by atoms with Crippen LogP contribution in [-0.2, 0) is 0 Å². The van der Waals surface area contributed by atoms with Crippen LogP contribution >= 0.6 is 15.9 Å². The van der Waals surface area contributed by atoms with Crippen molar-refractivity contribution in [1.82, 2.24) is 14.8 Å². The van der Waals surface area contributed by atoms with E-state index < -0.39 is 0 Å². The maximum Gasteiger partial charge on any atom is 0.259 e. The SMILES string of the molecule is O=C(Nc1cc(Br)cnc1-n1cccn1)c1ccoc1. The monoisotopic (exact) mass is 332 g/mol. The summed E-state index contributed by atoms with van der Waals surface area (Å²) in [5.41, 5.74) is 0.991. The van der Waals surface area contributed by atoms with Gasteiger partial charge >= 0.3 is 0 Å². The Morgan fingerprint density at radius 3 is 3.05 bits per heavy atom. The summed E-state index contributed by atoms with van der Waals surface area (Å²) in [5.74, 6) is 0.266. The molecule has 3 rings (SSSR count). The molecule has 20 heavy (non-hydrogen) atoms. The maximum atomic E-state index is 12.1. The molecule has 0 spiro atoms. The Labute approximate surface area is 122 Å². The standard InChI is InChI=1S/C13H9BrN4O2/c14-10-6-11(17-13(19)9-2-5-20-8-9)12(15-7-10)18-4-1-3-16-18/h1-8H,(H,17,19). The molecular formula is C13H9BrN4O2. The molecule has 0 atom stereocenters. The van der Waals surface area contributed by atoms with Crippen molar-refractivity contribution in [2.24, 2.45) is 0 Å². The second-order valence-electron chi connectivity index (χ2n) is 3.94.